The van der Waals surface area contributed by atoms with E-state index in [-0.39, 0.29) is 0 Å². The molecule has 0 aliphatic carbocycles. The quantitative estimate of drug-likeness (QED) is 0.639. The third-order valence-electron chi connectivity index (χ3n) is 2.78. The predicted octanol–water partition coefficient (Wildman–Crippen LogP) is 3.13. The van der Waals surface area contributed by atoms with Crippen LogP contribution in [0.4, 0.5) is 0 Å². The van der Waals surface area contributed by atoms with Crippen LogP contribution >= 0.6 is 0 Å². The van der Waals surface area contributed by atoms with Gasteiger partial charge in [0.05, 0.1) is 13.2 Å². The van der Waals surface area contributed by atoms with E-state index in [1.54, 1.807) is 0 Å². The van der Waals surface area contributed by atoms with Crippen molar-refractivity contribution >= 4 is 0 Å². The summed E-state index contributed by atoms with van der Waals surface area (Å²) in [6.45, 7) is 13.8. The summed E-state index contributed by atoms with van der Waals surface area (Å²) in [7, 11) is 0. The molecule has 2 nitrogen and oxygen atoms in total. The van der Waals surface area contributed by atoms with E-state index < -0.39 is 0 Å². The summed E-state index contributed by atoms with van der Waals surface area (Å²) in [5, 5.41) is 0. The summed E-state index contributed by atoms with van der Waals surface area (Å²) in [6, 6.07) is 0. The summed E-state index contributed by atoms with van der Waals surface area (Å²) in [5.41, 5.74) is 2.26. The van der Waals surface area contributed by atoms with E-state index in [0.717, 1.165) is 38.4 Å². The first-order valence-corrected chi connectivity index (χ1v) is 6.11. The van der Waals surface area contributed by atoms with Crippen LogP contribution in [-0.4, -0.2) is 31.2 Å². The van der Waals surface area contributed by atoms with Crippen molar-refractivity contribution in [3.63, 3.8) is 0 Å². The monoisotopic (exact) mass is 221 g/mol. The topological polar surface area (TPSA) is 12.5 Å². The van der Waals surface area contributed by atoms with Crippen LogP contribution in [0.15, 0.2) is 36.6 Å². The summed E-state index contributed by atoms with van der Waals surface area (Å²) < 4.78 is 5.30. The Bertz CT molecular complexity index is 262. The second-order valence-electron chi connectivity index (χ2n) is 4.19. The van der Waals surface area contributed by atoms with Crippen molar-refractivity contribution in [3.8, 4) is 0 Å². The maximum atomic E-state index is 5.30. The van der Waals surface area contributed by atoms with Gasteiger partial charge in [-0.2, -0.15) is 0 Å². The standard InChI is InChI=1S/C14H23NO/c1-4-5-6-13(2)7-8-14(3)15-9-11-16-12-10-15/h7-8H,2-6,9-12H2,1H3/b8-7-. The second-order valence-corrected chi connectivity index (χ2v) is 4.19. The molecule has 0 saturated carbocycles. The largest absolute Gasteiger partial charge is 0.378 e. The molecule has 1 rings (SSSR count). The smallest absolute Gasteiger partial charge is 0.0642 e. The Labute approximate surface area is 99.3 Å². The van der Waals surface area contributed by atoms with Crippen molar-refractivity contribution in [2.75, 3.05) is 26.3 Å². The number of allylic oxidation sites excluding steroid dienone is 3. The van der Waals surface area contributed by atoms with Crippen LogP contribution in [0.5, 0.6) is 0 Å². The molecule has 90 valence electrons. The molecule has 0 spiro atoms. The van der Waals surface area contributed by atoms with Gasteiger partial charge in [-0.3, -0.25) is 0 Å². The lowest BCUT2D eigenvalue weighted by Crippen LogP contribution is -2.34. The van der Waals surface area contributed by atoms with Gasteiger partial charge < -0.3 is 9.64 Å². The molecule has 1 aliphatic heterocycles. The average molecular weight is 221 g/mol. The summed E-state index contributed by atoms with van der Waals surface area (Å²) in [5.74, 6) is 0. The molecule has 0 aromatic heterocycles. The Morgan fingerprint density at radius 2 is 1.94 bits per heavy atom. The summed E-state index contributed by atoms with van der Waals surface area (Å²) >= 11 is 0. The van der Waals surface area contributed by atoms with Gasteiger partial charge in [-0.15, -0.1) is 0 Å². The predicted molar refractivity (Wildman–Crippen MR) is 69.3 cm³/mol. The SMILES string of the molecule is C=C(/C=C\C(=C)N1CCOCC1)CCCC. The third kappa shape index (κ3) is 4.67. The van der Waals surface area contributed by atoms with Gasteiger partial charge in [-0.25, -0.2) is 0 Å². The lowest BCUT2D eigenvalue weighted by Gasteiger charge is -2.29. The van der Waals surface area contributed by atoms with E-state index in [9.17, 15) is 0 Å². The lowest BCUT2D eigenvalue weighted by atomic mass is 10.1. The number of ether oxygens (including phenoxy) is 1. The Kier molecular flexibility index (Phi) is 5.94. The normalized spacial score (nSPS) is 16.7. The molecule has 0 amide bonds. The zero-order valence-electron chi connectivity index (χ0n) is 10.4. The van der Waals surface area contributed by atoms with E-state index in [2.05, 4.69) is 37.1 Å². The Balaban J connectivity index is 2.31. The first-order chi connectivity index (χ1) is 7.74. The van der Waals surface area contributed by atoms with E-state index in [1.807, 2.05) is 0 Å². The van der Waals surface area contributed by atoms with E-state index in [4.69, 9.17) is 4.74 Å². The fourth-order valence-corrected chi connectivity index (χ4v) is 1.66. The van der Waals surface area contributed by atoms with Gasteiger partial charge in [0.25, 0.3) is 0 Å². The van der Waals surface area contributed by atoms with Crippen LogP contribution in [-0.2, 0) is 4.74 Å². The summed E-state index contributed by atoms with van der Waals surface area (Å²) in [4.78, 5) is 2.26. The van der Waals surface area contributed by atoms with Crippen molar-refractivity contribution in [1.82, 2.24) is 4.90 Å². The molecule has 2 heteroatoms. The van der Waals surface area contributed by atoms with Gasteiger partial charge in [0, 0.05) is 18.8 Å². The highest BCUT2D eigenvalue weighted by Gasteiger charge is 2.09. The molecule has 0 atom stereocenters. The minimum atomic E-state index is 0.809. The van der Waals surface area contributed by atoms with Crippen molar-refractivity contribution in [1.29, 1.82) is 0 Å². The van der Waals surface area contributed by atoms with Gasteiger partial charge in [-0.1, -0.05) is 38.2 Å². The molecule has 0 radical (unpaired) electrons. The molecule has 1 saturated heterocycles. The molecule has 16 heavy (non-hydrogen) atoms. The van der Waals surface area contributed by atoms with Crippen LogP contribution < -0.4 is 0 Å². The van der Waals surface area contributed by atoms with E-state index in [1.165, 1.54) is 18.4 Å². The van der Waals surface area contributed by atoms with Crippen molar-refractivity contribution in [2.24, 2.45) is 0 Å². The van der Waals surface area contributed by atoms with Crippen molar-refractivity contribution in [3.05, 3.63) is 36.6 Å². The first-order valence-electron chi connectivity index (χ1n) is 6.11. The molecular weight excluding hydrogens is 198 g/mol. The molecule has 1 heterocycles. The zero-order valence-corrected chi connectivity index (χ0v) is 10.4. The molecular formula is C14H23NO. The average Bonchev–Trinajstić information content (AvgIpc) is 2.34. The lowest BCUT2D eigenvalue weighted by molar-refractivity contribution is 0.0556. The number of hydrogen-bond donors (Lipinski definition) is 0. The van der Waals surface area contributed by atoms with Crippen LogP contribution in [0.3, 0.4) is 0 Å². The molecule has 0 N–H and O–H groups in total. The Morgan fingerprint density at radius 3 is 2.56 bits per heavy atom. The Morgan fingerprint density at radius 1 is 1.25 bits per heavy atom. The number of unbranched alkanes of at least 4 members (excludes halogenated alkanes) is 1. The van der Waals surface area contributed by atoms with Gasteiger partial charge in [-0.05, 0) is 18.9 Å². The van der Waals surface area contributed by atoms with Gasteiger partial charge in [0.2, 0.25) is 0 Å². The molecule has 1 aliphatic rings. The number of rotatable bonds is 6. The van der Waals surface area contributed by atoms with Gasteiger partial charge >= 0.3 is 0 Å². The highest BCUT2D eigenvalue weighted by molar-refractivity contribution is 5.23. The number of nitrogens with zero attached hydrogens (tertiary/aromatic N) is 1. The van der Waals surface area contributed by atoms with Crippen molar-refractivity contribution in [2.45, 2.75) is 26.2 Å². The van der Waals surface area contributed by atoms with Gasteiger partial charge in [0.15, 0.2) is 0 Å². The number of hydrogen-bond acceptors (Lipinski definition) is 2. The van der Waals surface area contributed by atoms with E-state index >= 15 is 0 Å². The fraction of sp³-hybridized carbons (Fsp3) is 0.571. The number of morpholine rings is 1. The minimum absolute atomic E-state index is 0.809. The molecule has 0 aromatic carbocycles. The molecule has 0 bridgehead atoms. The Hall–Kier alpha value is -1.02. The maximum absolute atomic E-state index is 5.30. The highest BCUT2D eigenvalue weighted by atomic mass is 16.5. The van der Waals surface area contributed by atoms with Crippen LogP contribution in [0, 0.1) is 0 Å². The maximum Gasteiger partial charge on any atom is 0.0642 e. The molecule has 0 aromatic rings. The zero-order chi connectivity index (χ0) is 11.8. The highest BCUT2D eigenvalue weighted by Crippen LogP contribution is 2.11. The second kappa shape index (κ2) is 7.29. The molecule has 1 fully saturated rings. The molecule has 0 unspecified atom stereocenters. The minimum Gasteiger partial charge on any atom is -0.378 e. The van der Waals surface area contributed by atoms with Crippen LogP contribution in [0.25, 0.3) is 0 Å². The van der Waals surface area contributed by atoms with Gasteiger partial charge in [0.1, 0.15) is 0 Å². The fourth-order valence-electron chi connectivity index (χ4n) is 1.66. The first kappa shape index (κ1) is 13.0. The third-order valence-corrected chi connectivity index (χ3v) is 2.78. The van der Waals surface area contributed by atoms with Crippen molar-refractivity contribution < 1.29 is 4.74 Å². The van der Waals surface area contributed by atoms with Crippen LogP contribution in [0.1, 0.15) is 26.2 Å². The van der Waals surface area contributed by atoms with Crippen LogP contribution in [0.2, 0.25) is 0 Å². The van der Waals surface area contributed by atoms with E-state index in [0.29, 0.717) is 0 Å². The summed E-state index contributed by atoms with van der Waals surface area (Å²) in [6.07, 6.45) is 7.69.